The smallest absolute Gasteiger partial charge is 0.340 e. The molecule has 0 bridgehead atoms. The lowest BCUT2D eigenvalue weighted by molar-refractivity contribution is 0.0690. The van der Waals surface area contributed by atoms with Gasteiger partial charge >= 0.3 is 5.97 Å². The van der Waals surface area contributed by atoms with Crippen LogP contribution in [0.3, 0.4) is 0 Å². The fourth-order valence-electron chi connectivity index (χ4n) is 1.30. The van der Waals surface area contributed by atoms with Crippen molar-refractivity contribution in [3.05, 3.63) is 29.2 Å². The lowest BCUT2D eigenvalue weighted by atomic mass is 10.2. The van der Waals surface area contributed by atoms with Gasteiger partial charge in [-0.2, -0.15) is 0 Å². The van der Waals surface area contributed by atoms with Gasteiger partial charge in [-0.3, -0.25) is 0 Å². The van der Waals surface area contributed by atoms with Gasteiger partial charge in [0, 0.05) is 5.75 Å². The summed E-state index contributed by atoms with van der Waals surface area (Å²) in [6, 6.07) is 0. The Labute approximate surface area is 105 Å². The Morgan fingerprint density at radius 2 is 2.06 bits per heavy atom. The molecule has 0 aliphatic rings. The van der Waals surface area contributed by atoms with Gasteiger partial charge < -0.3 is 5.11 Å². The summed E-state index contributed by atoms with van der Waals surface area (Å²) >= 11 is 1.40. The van der Waals surface area contributed by atoms with Crippen molar-refractivity contribution in [1.82, 2.24) is 9.97 Å². The molecule has 0 radical (unpaired) electrons. The predicted octanol–water partition coefficient (Wildman–Crippen LogP) is 2.85. The van der Waals surface area contributed by atoms with Gasteiger partial charge in [0.05, 0.1) is 5.69 Å². The SMILES string of the molecule is C=C(CC)CSc1nc(C)nc(C)c1C(=O)O. The highest BCUT2D eigenvalue weighted by Crippen LogP contribution is 2.24. The number of carbonyl (C=O) groups is 1. The zero-order chi connectivity index (χ0) is 13.0. The number of thioether (sulfide) groups is 1. The molecule has 92 valence electrons. The zero-order valence-corrected chi connectivity index (χ0v) is 11.1. The number of aryl methyl sites for hydroxylation is 2. The van der Waals surface area contributed by atoms with Crippen LogP contribution < -0.4 is 0 Å². The average Bonchev–Trinajstić information content (AvgIpc) is 2.24. The molecule has 0 spiro atoms. The summed E-state index contributed by atoms with van der Waals surface area (Å²) in [4.78, 5) is 19.4. The maximum Gasteiger partial charge on any atom is 0.340 e. The van der Waals surface area contributed by atoms with Crippen LogP contribution in [0.4, 0.5) is 0 Å². The molecule has 0 saturated heterocycles. The van der Waals surface area contributed by atoms with E-state index in [9.17, 15) is 4.79 Å². The minimum absolute atomic E-state index is 0.199. The number of rotatable bonds is 5. The second kappa shape index (κ2) is 5.82. The first kappa shape index (κ1) is 13.7. The monoisotopic (exact) mass is 252 g/mol. The van der Waals surface area contributed by atoms with Crippen LogP contribution in [-0.2, 0) is 0 Å². The van der Waals surface area contributed by atoms with Gasteiger partial charge in [-0.1, -0.05) is 19.1 Å². The van der Waals surface area contributed by atoms with Crippen LogP contribution in [0.2, 0.25) is 0 Å². The first-order valence-corrected chi connectivity index (χ1v) is 6.32. The molecule has 0 saturated carbocycles. The number of hydrogen-bond donors (Lipinski definition) is 1. The Balaban J connectivity index is 3.04. The van der Waals surface area contributed by atoms with Crippen molar-refractivity contribution in [3.63, 3.8) is 0 Å². The van der Waals surface area contributed by atoms with E-state index in [1.54, 1.807) is 13.8 Å². The maximum absolute atomic E-state index is 11.2. The molecule has 0 aliphatic heterocycles. The van der Waals surface area contributed by atoms with Crippen molar-refractivity contribution in [3.8, 4) is 0 Å². The van der Waals surface area contributed by atoms with Crippen molar-refractivity contribution >= 4 is 17.7 Å². The van der Waals surface area contributed by atoms with Crippen molar-refractivity contribution < 1.29 is 9.90 Å². The lowest BCUT2D eigenvalue weighted by Gasteiger charge is -2.08. The van der Waals surface area contributed by atoms with Crippen molar-refractivity contribution in [2.24, 2.45) is 0 Å². The highest BCUT2D eigenvalue weighted by atomic mass is 32.2. The molecule has 0 aliphatic carbocycles. The summed E-state index contributed by atoms with van der Waals surface area (Å²) < 4.78 is 0. The quantitative estimate of drug-likeness (QED) is 0.496. The number of aromatic nitrogens is 2. The molecule has 1 N–H and O–H groups in total. The van der Waals surface area contributed by atoms with Gasteiger partial charge in [0.15, 0.2) is 0 Å². The van der Waals surface area contributed by atoms with Crippen LogP contribution in [0.5, 0.6) is 0 Å². The third kappa shape index (κ3) is 3.56. The molecule has 1 heterocycles. The van der Waals surface area contributed by atoms with E-state index in [2.05, 4.69) is 16.5 Å². The summed E-state index contributed by atoms with van der Waals surface area (Å²) in [5.41, 5.74) is 1.78. The molecule has 5 heteroatoms. The van der Waals surface area contributed by atoms with Crippen LogP contribution in [0.25, 0.3) is 0 Å². The second-order valence-corrected chi connectivity index (χ2v) is 4.70. The standard InChI is InChI=1S/C12H16N2O2S/c1-5-7(2)6-17-11-10(12(15)16)8(3)13-9(4)14-11/h2,5-6H2,1,3-4H3,(H,15,16). The zero-order valence-electron chi connectivity index (χ0n) is 10.3. The fraction of sp³-hybridized carbons (Fsp3) is 0.417. The van der Waals surface area contributed by atoms with Crippen LogP contribution in [0, 0.1) is 13.8 Å². The molecule has 0 atom stereocenters. The van der Waals surface area contributed by atoms with Crippen LogP contribution >= 0.6 is 11.8 Å². The van der Waals surface area contributed by atoms with E-state index in [-0.39, 0.29) is 5.56 Å². The largest absolute Gasteiger partial charge is 0.478 e. The normalized spacial score (nSPS) is 10.3. The number of aromatic carboxylic acids is 1. The summed E-state index contributed by atoms with van der Waals surface area (Å²) in [6.07, 6.45) is 0.887. The number of carboxylic acid groups (broad SMARTS) is 1. The van der Waals surface area contributed by atoms with Gasteiger partial charge in [0.25, 0.3) is 0 Å². The van der Waals surface area contributed by atoms with E-state index < -0.39 is 5.97 Å². The van der Waals surface area contributed by atoms with Crippen molar-refractivity contribution in [2.45, 2.75) is 32.2 Å². The molecular formula is C12H16N2O2S. The van der Waals surface area contributed by atoms with Crippen LogP contribution in [-0.4, -0.2) is 26.8 Å². The van der Waals surface area contributed by atoms with Crippen molar-refractivity contribution in [1.29, 1.82) is 0 Å². The molecule has 4 nitrogen and oxygen atoms in total. The van der Waals surface area contributed by atoms with Gasteiger partial charge in [0.2, 0.25) is 0 Å². The van der Waals surface area contributed by atoms with E-state index in [1.165, 1.54) is 11.8 Å². The summed E-state index contributed by atoms with van der Waals surface area (Å²) in [5, 5.41) is 9.67. The second-order valence-electron chi connectivity index (χ2n) is 3.73. The average molecular weight is 252 g/mol. The molecule has 0 aromatic carbocycles. The van der Waals surface area contributed by atoms with E-state index in [4.69, 9.17) is 5.11 Å². The molecule has 1 rings (SSSR count). The van der Waals surface area contributed by atoms with Gasteiger partial charge in [0.1, 0.15) is 16.4 Å². The van der Waals surface area contributed by atoms with Crippen LogP contribution in [0.1, 0.15) is 35.2 Å². The molecule has 1 aromatic rings. The lowest BCUT2D eigenvalue weighted by Crippen LogP contribution is -2.08. The first-order chi connectivity index (χ1) is 7.95. The number of carboxylic acids is 1. The third-order valence-electron chi connectivity index (χ3n) is 2.30. The van der Waals surface area contributed by atoms with E-state index in [1.807, 2.05) is 6.92 Å². The van der Waals surface area contributed by atoms with Crippen molar-refractivity contribution in [2.75, 3.05) is 5.75 Å². The Bertz CT molecular complexity index is 458. The Hall–Kier alpha value is -1.36. The van der Waals surface area contributed by atoms with Gasteiger partial charge in [-0.05, 0) is 20.3 Å². The Morgan fingerprint density at radius 3 is 2.59 bits per heavy atom. The predicted molar refractivity (Wildman–Crippen MR) is 68.6 cm³/mol. The molecule has 0 fully saturated rings. The topological polar surface area (TPSA) is 63.1 Å². The minimum atomic E-state index is -0.980. The Morgan fingerprint density at radius 1 is 1.41 bits per heavy atom. The Kier molecular flexibility index (Phi) is 4.69. The highest BCUT2D eigenvalue weighted by molar-refractivity contribution is 7.99. The number of hydrogen-bond acceptors (Lipinski definition) is 4. The van der Waals surface area contributed by atoms with Gasteiger partial charge in [-0.25, -0.2) is 14.8 Å². The maximum atomic E-state index is 11.2. The van der Waals surface area contributed by atoms with E-state index in [0.717, 1.165) is 12.0 Å². The molecule has 1 aromatic heterocycles. The van der Waals surface area contributed by atoms with E-state index >= 15 is 0 Å². The third-order valence-corrected chi connectivity index (χ3v) is 3.42. The molecule has 0 unspecified atom stereocenters. The summed E-state index contributed by atoms with van der Waals surface area (Å²) in [5.74, 6) is 0.302. The van der Waals surface area contributed by atoms with Gasteiger partial charge in [-0.15, -0.1) is 11.8 Å². The summed E-state index contributed by atoms with van der Waals surface area (Å²) in [7, 11) is 0. The first-order valence-electron chi connectivity index (χ1n) is 5.33. The number of nitrogens with zero attached hydrogens (tertiary/aromatic N) is 2. The minimum Gasteiger partial charge on any atom is -0.478 e. The highest BCUT2D eigenvalue weighted by Gasteiger charge is 2.17. The molecule has 0 amide bonds. The molecule has 17 heavy (non-hydrogen) atoms. The summed E-state index contributed by atoms with van der Waals surface area (Å²) in [6.45, 7) is 9.37. The van der Waals surface area contributed by atoms with E-state index in [0.29, 0.717) is 22.3 Å². The fourth-order valence-corrected chi connectivity index (χ4v) is 2.43. The molecular weight excluding hydrogens is 236 g/mol. The van der Waals surface area contributed by atoms with Crippen LogP contribution in [0.15, 0.2) is 17.2 Å².